The van der Waals surface area contributed by atoms with Crippen LogP contribution in [-0.2, 0) is 11.8 Å². The number of hydrogen-bond acceptors (Lipinski definition) is 3. The second-order valence-corrected chi connectivity index (χ2v) is 4.59. The van der Waals surface area contributed by atoms with Gasteiger partial charge >= 0.3 is 0 Å². The molecular weight excluding hydrogens is 190 g/mol. The Hall–Kier alpha value is -1.03. The first-order valence-electron chi connectivity index (χ1n) is 5.24. The third-order valence-electron chi connectivity index (χ3n) is 2.46. The van der Waals surface area contributed by atoms with Gasteiger partial charge in [0.25, 0.3) is 0 Å². The highest BCUT2D eigenvalue weighted by Crippen LogP contribution is 2.17. The molecule has 1 atom stereocenters. The van der Waals surface area contributed by atoms with Crippen LogP contribution in [0.3, 0.4) is 0 Å². The van der Waals surface area contributed by atoms with Crippen molar-refractivity contribution in [1.29, 1.82) is 0 Å². The molecule has 15 heavy (non-hydrogen) atoms. The largest absolute Gasteiger partial charge is 0.379 e. The molecule has 86 valence electrons. The summed E-state index contributed by atoms with van der Waals surface area (Å²) in [6.45, 7) is 6.31. The van der Waals surface area contributed by atoms with Gasteiger partial charge in [-0.25, -0.2) is 0 Å². The van der Waals surface area contributed by atoms with Crippen LogP contribution in [0.5, 0.6) is 0 Å². The van der Waals surface area contributed by atoms with E-state index in [1.54, 1.807) is 11.8 Å². The minimum atomic E-state index is -0.0960. The maximum atomic E-state index is 5.39. The van der Waals surface area contributed by atoms with E-state index in [1.165, 1.54) is 0 Å². The second kappa shape index (κ2) is 4.66. The number of aromatic nitrogens is 2. The average Bonchev–Trinajstić information content (AvgIpc) is 2.50. The summed E-state index contributed by atoms with van der Waals surface area (Å²) in [7, 11) is 3.66. The van der Waals surface area contributed by atoms with Crippen LogP contribution < -0.4 is 5.32 Å². The summed E-state index contributed by atoms with van der Waals surface area (Å²) in [5.41, 5.74) is -0.0960. The normalized spacial score (nSPS) is 13.9. The molecule has 0 spiro atoms. The topological polar surface area (TPSA) is 39.1 Å². The second-order valence-electron chi connectivity index (χ2n) is 4.59. The zero-order chi connectivity index (χ0) is 11.5. The van der Waals surface area contributed by atoms with Crippen molar-refractivity contribution < 1.29 is 4.74 Å². The predicted molar refractivity (Wildman–Crippen MR) is 62.0 cm³/mol. The first kappa shape index (κ1) is 12.0. The van der Waals surface area contributed by atoms with Gasteiger partial charge in [-0.15, -0.1) is 0 Å². The monoisotopic (exact) mass is 211 g/mol. The Morgan fingerprint density at radius 1 is 1.60 bits per heavy atom. The summed E-state index contributed by atoms with van der Waals surface area (Å²) in [5, 5.41) is 7.61. The van der Waals surface area contributed by atoms with Crippen LogP contribution in [0.1, 0.15) is 27.2 Å². The molecule has 0 saturated heterocycles. The highest BCUT2D eigenvalue weighted by Gasteiger charge is 2.20. The van der Waals surface area contributed by atoms with E-state index in [9.17, 15) is 0 Å². The van der Waals surface area contributed by atoms with Crippen LogP contribution in [0.4, 0.5) is 5.82 Å². The standard InChI is InChI=1S/C11H21N3O/c1-9(8-11(2,3)15-5)12-10-6-7-14(4)13-10/h6-7,9H,8H2,1-5H3,(H,12,13)/t9-/m0/s1. The highest BCUT2D eigenvalue weighted by molar-refractivity contribution is 5.33. The SMILES string of the molecule is COC(C)(C)C[C@H](C)Nc1ccn(C)n1. The molecule has 0 aliphatic rings. The van der Waals surface area contributed by atoms with Crippen LogP contribution in [0, 0.1) is 0 Å². The molecule has 0 aliphatic carbocycles. The number of aryl methyl sites for hydroxylation is 1. The van der Waals surface area contributed by atoms with Crippen LogP contribution in [0.25, 0.3) is 0 Å². The molecule has 0 amide bonds. The van der Waals surface area contributed by atoms with Crippen LogP contribution in [-0.4, -0.2) is 28.5 Å². The number of nitrogens with zero attached hydrogens (tertiary/aromatic N) is 2. The van der Waals surface area contributed by atoms with Crippen molar-refractivity contribution >= 4 is 5.82 Å². The molecule has 1 aromatic heterocycles. The summed E-state index contributed by atoms with van der Waals surface area (Å²) >= 11 is 0. The number of methoxy groups -OCH3 is 1. The van der Waals surface area contributed by atoms with Crippen molar-refractivity contribution in [2.75, 3.05) is 12.4 Å². The molecule has 4 heteroatoms. The van der Waals surface area contributed by atoms with E-state index >= 15 is 0 Å². The number of hydrogen-bond donors (Lipinski definition) is 1. The van der Waals surface area contributed by atoms with Gasteiger partial charge in [-0.1, -0.05) is 0 Å². The summed E-state index contributed by atoms with van der Waals surface area (Å²) in [6.07, 6.45) is 2.87. The lowest BCUT2D eigenvalue weighted by molar-refractivity contribution is 0.0128. The van der Waals surface area contributed by atoms with Crippen LogP contribution >= 0.6 is 0 Å². The summed E-state index contributed by atoms with van der Waals surface area (Å²) in [4.78, 5) is 0. The van der Waals surface area contributed by atoms with Crippen molar-refractivity contribution in [2.45, 2.75) is 38.8 Å². The first-order chi connectivity index (χ1) is 6.93. The number of anilines is 1. The van der Waals surface area contributed by atoms with E-state index in [0.29, 0.717) is 6.04 Å². The first-order valence-corrected chi connectivity index (χ1v) is 5.24. The fraction of sp³-hybridized carbons (Fsp3) is 0.727. The van der Waals surface area contributed by atoms with Gasteiger partial charge in [0.2, 0.25) is 0 Å². The number of nitrogens with one attached hydrogen (secondary N) is 1. The van der Waals surface area contributed by atoms with E-state index in [2.05, 4.69) is 31.2 Å². The van der Waals surface area contributed by atoms with Crippen LogP contribution in [0.2, 0.25) is 0 Å². The van der Waals surface area contributed by atoms with E-state index in [0.717, 1.165) is 12.2 Å². The van der Waals surface area contributed by atoms with E-state index in [-0.39, 0.29) is 5.60 Å². The molecule has 0 aromatic carbocycles. The maximum absolute atomic E-state index is 5.39. The quantitative estimate of drug-likeness (QED) is 0.810. The summed E-state index contributed by atoms with van der Waals surface area (Å²) in [5.74, 6) is 0.914. The Bertz CT molecular complexity index is 307. The van der Waals surface area contributed by atoms with Crippen molar-refractivity contribution in [1.82, 2.24) is 9.78 Å². The molecule has 0 radical (unpaired) electrons. The van der Waals surface area contributed by atoms with Crippen LogP contribution in [0.15, 0.2) is 12.3 Å². The third-order valence-corrected chi connectivity index (χ3v) is 2.46. The Labute approximate surface area is 91.6 Å². The zero-order valence-corrected chi connectivity index (χ0v) is 10.2. The van der Waals surface area contributed by atoms with Gasteiger partial charge in [0.15, 0.2) is 0 Å². The Kier molecular flexibility index (Phi) is 3.74. The molecule has 1 aromatic rings. The Morgan fingerprint density at radius 3 is 2.73 bits per heavy atom. The third kappa shape index (κ3) is 3.91. The molecule has 1 rings (SSSR count). The summed E-state index contributed by atoms with van der Waals surface area (Å²) in [6, 6.07) is 2.31. The average molecular weight is 211 g/mol. The van der Waals surface area contributed by atoms with Crippen molar-refractivity contribution in [3.05, 3.63) is 12.3 Å². The van der Waals surface area contributed by atoms with Gasteiger partial charge in [-0.05, 0) is 27.2 Å². The van der Waals surface area contributed by atoms with E-state index in [1.807, 2.05) is 19.3 Å². The van der Waals surface area contributed by atoms with Gasteiger partial charge in [0, 0.05) is 32.5 Å². The summed E-state index contributed by atoms with van der Waals surface area (Å²) < 4.78 is 7.17. The van der Waals surface area contributed by atoms with Crippen molar-refractivity contribution in [2.24, 2.45) is 7.05 Å². The number of rotatable bonds is 5. The Morgan fingerprint density at radius 2 is 2.27 bits per heavy atom. The fourth-order valence-electron chi connectivity index (χ4n) is 1.62. The van der Waals surface area contributed by atoms with Gasteiger partial charge in [-0.3, -0.25) is 4.68 Å². The minimum Gasteiger partial charge on any atom is -0.379 e. The molecule has 0 saturated carbocycles. The highest BCUT2D eigenvalue weighted by atomic mass is 16.5. The molecule has 0 unspecified atom stereocenters. The molecule has 0 fully saturated rings. The fourth-order valence-corrected chi connectivity index (χ4v) is 1.62. The van der Waals surface area contributed by atoms with Crippen molar-refractivity contribution in [3.63, 3.8) is 0 Å². The molecule has 0 bridgehead atoms. The number of ether oxygens (including phenoxy) is 1. The lowest BCUT2D eigenvalue weighted by Gasteiger charge is -2.26. The Balaban J connectivity index is 2.46. The lowest BCUT2D eigenvalue weighted by Crippen LogP contribution is -2.31. The smallest absolute Gasteiger partial charge is 0.148 e. The van der Waals surface area contributed by atoms with Gasteiger partial charge < -0.3 is 10.1 Å². The van der Waals surface area contributed by atoms with E-state index < -0.39 is 0 Å². The van der Waals surface area contributed by atoms with Crippen molar-refractivity contribution in [3.8, 4) is 0 Å². The molecule has 1 N–H and O–H groups in total. The van der Waals surface area contributed by atoms with Gasteiger partial charge in [-0.2, -0.15) is 5.10 Å². The predicted octanol–water partition coefficient (Wildman–Crippen LogP) is 2.04. The van der Waals surface area contributed by atoms with Gasteiger partial charge in [0.1, 0.15) is 5.82 Å². The van der Waals surface area contributed by atoms with E-state index in [4.69, 9.17) is 4.74 Å². The molecule has 1 heterocycles. The molecule has 4 nitrogen and oxygen atoms in total. The molecular formula is C11H21N3O. The maximum Gasteiger partial charge on any atom is 0.148 e. The molecule has 0 aliphatic heterocycles. The zero-order valence-electron chi connectivity index (χ0n) is 10.2. The minimum absolute atomic E-state index is 0.0960. The lowest BCUT2D eigenvalue weighted by atomic mass is 10.00. The van der Waals surface area contributed by atoms with Gasteiger partial charge in [0.05, 0.1) is 5.60 Å².